The molecule has 82 valence electrons. The Labute approximate surface area is 89.6 Å². The Morgan fingerprint density at radius 3 is 2.80 bits per heavy atom. The summed E-state index contributed by atoms with van der Waals surface area (Å²) < 4.78 is 10.4. The van der Waals surface area contributed by atoms with Crippen LogP contribution in [0.5, 0.6) is 0 Å². The third-order valence-corrected chi connectivity index (χ3v) is 2.36. The van der Waals surface area contributed by atoms with Crippen LogP contribution >= 0.6 is 0 Å². The molecule has 2 rings (SSSR count). The van der Waals surface area contributed by atoms with E-state index in [0.29, 0.717) is 19.6 Å². The quantitative estimate of drug-likeness (QED) is 0.717. The van der Waals surface area contributed by atoms with Gasteiger partial charge in [-0.15, -0.1) is 0 Å². The molecular weight excluding hydrogens is 192 g/mol. The first-order valence-electron chi connectivity index (χ1n) is 5.26. The molecule has 1 heterocycles. The fourth-order valence-electron chi connectivity index (χ4n) is 1.46. The SMILES string of the molecule is O[C@H](COCc1ccccc1)C[C@@H]1CO1. The van der Waals surface area contributed by atoms with Gasteiger partial charge in [-0.3, -0.25) is 0 Å². The molecule has 0 saturated carbocycles. The van der Waals surface area contributed by atoms with Gasteiger partial charge in [-0.2, -0.15) is 0 Å². The molecule has 0 aromatic heterocycles. The lowest BCUT2D eigenvalue weighted by molar-refractivity contribution is 0.0211. The molecule has 0 bridgehead atoms. The molecule has 2 atom stereocenters. The highest BCUT2D eigenvalue weighted by Gasteiger charge is 2.25. The molecule has 1 aromatic carbocycles. The lowest BCUT2D eigenvalue weighted by Gasteiger charge is -2.09. The molecule has 0 unspecified atom stereocenters. The van der Waals surface area contributed by atoms with Gasteiger partial charge in [-0.05, 0) is 5.56 Å². The first-order chi connectivity index (χ1) is 7.34. The van der Waals surface area contributed by atoms with E-state index >= 15 is 0 Å². The van der Waals surface area contributed by atoms with Crippen LogP contribution in [-0.2, 0) is 16.1 Å². The van der Waals surface area contributed by atoms with Crippen molar-refractivity contribution in [2.45, 2.75) is 25.2 Å². The highest BCUT2D eigenvalue weighted by molar-refractivity contribution is 5.13. The van der Waals surface area contributed by atoms with Crippen molar-refractivity contribution in [1.82, 2.24) is 0 Å². The van der Waals surface area contributed by atoms with Crippen molar-refractivity contribution in [2.24, 2.45) is 0 Å². The van der Waals surface area contributed by atoms with Gasteiger partial charge in [0, 0.05) is 6.42 Å². The summed E-state index contributed by atoms with van der Waals surface area (Å²) in [6.45, 7) is 1.73. The number of hydrogen-bond donors (Lipinski definition) is 1. The summed E-state index contributed by atoms with van der Waals surface area (Å²) in [6, 6.07) is 9.95. The lowest BCUT2D eigenvalue weighted by atomic mass is 10.2. The molecular formula is C12H16O3. The van der Waals surface area contributed by atoms with Crippen LogP contribution in [0.15, 0.2) is 30.3 Å². The Kier molecular flexibility index (Phi) is 3.72. The molecule has 1 aliphatic heterocycles. The second kappa shape index (κ2) is 5.26. The van der Waals surface area contributed by atoms with Crippen LogP contribution in [0.25, 0.3) is 0 Å². The van der Waals surface area contributed by atoms with E-state index in [0.717, 1.165) is 12.2 Å². The van der Waals surface area contributed by atoms with Gasteiger partial charge in [0.15, 0.2) is 0 Å². The first-order valence-corrected chi connectivity index (χ1v) is 5.26. The van der Waals surface area contributed by atoms with E-state index in [1.54, 1.807) is 0 Å². The molecule has 3 heteroatoms. The van der Waals surface area contributed by atoms with E-state index in [2.05, 4.69) is 0 Å². The average molecular weight is 208 g/mol. The topological polar surface area (TPSA) is 42.0 Å². The molecule has 0 spiro atoms. The fraction of sp³-hybridized carbons (Fsp3) is 0.500. The largest absolute Gasteiger partial charge is 0.391 e. The van der Waals surface area contributed by atoms with Crippen LogP contribution in [0.2, 0.25) is 0 Å². The maximum Gasteiger partial charge on any atom is 0.0835 e. The molecule has 15 heavy (non-hydrogen) atoms. The summed E-state index contributed by atoms with van der Waals surface area (Å²) in [5, 5.41) is 9.53. The van der Waals surface area contributed by atoms with Crippen molar-refractivity contribution in [3.63, 3.8) is 0 Å². The van der Waals surface area contributed by atoms with Gasteiger partial charge in [0.25, 0.3) is 0 Å². The van der Waals surface area contributed by atoms with Gasteiger partial charge in [0.05, 0.1) is 32.0 Å². The van der Waals surface area contributed by atoms with Crippen molar-refractivity contribution < 1.29 is 14.6 Å². The molecule has 1 fully saturated rings. The molecule has 1 N–H and O–H groups in total. The number of hydrogen-bond acceptors (Lipinski definition) is 3. The van der Waals surface area contributed by atoms with Gasteiger partial charge < -0.3 is 14.6 Å². The van der Waals surface area contributed by atoms with Gasteiger partial charge in [0.1, 0.15) is 0 Å². The van der Waals surface area contributed by atoms with Crippen molar-refractivity contribution in [2.75, 3.05) is 13.2 Å². The van der Waals surface area contributed by atoms with Crippen LogP contribution in [0.1, 0.15) is 12.0 Å². The van der Waals surface area contributed by atoms with Crippen molar-refractivity contribution in [1.29, 1.82) is 0 Å². The predicted octanol–water partition coefficient (Wildman–Crippen LogP) is 1.35. The number of benzene rings is 1. The average Bonchev–Trinajstić information content (AvgIpc) is 3.03. The second-order valence-electron chi connectivity index (χ2n) is 3.85. The first kappa shape index (κ1) is 10.6. The third-order valence-electron chi connectivity index (χ3n) is 2.36. The van der Waals surface area contributed by atoms with Crippen LogP contribution in [0, 0.1) is 0 Å². The summed E-state index contributed by atoms with van der Waals surface area (Å²) in [7, 11) is 0. The Bertz CT molecular complexity index is 282. The summed E-state index contributed by atoms with van der Waals surface area (Å²) in [5.74, 6) is 0. The number of aliphatic hydroxyl groups is 1. The lowest BCUT2D eigenvalue weighted by Crippen LogP contribution is -2.17. The van der Waals surface area contributed by atoms with Gasteiger partial charge in [-0.25, -0.2) is 0 Å². The summed E-state index contributed by atoms with van der Waals surface area (Å²) in [5.41, 5.74) is 1.13. The van der Waals surface area contributed by atoms with Crippen LogP contribution in [0.4, 0.5) is 0 Å². The Morgan fingerprint density at radius 1 is 1.40 bits per heavy atom. The van der Waals surface area contributed by atoms with Crippen molar-refractivity contribution in [3.8, 4) is 0 Å². The zero-order valence-electron chi connectivity index (χ0n) is 8.63. The summed E-state index contributed by atoms with van der Waals surface area (Å²) >= 11 is 0. The Balaban J connectivity index is 1.61. The molecule has 1 aromatic rings. The van der Waals surface area contributed by atoms with Gasteiger partial charge >= 0.3 is 0 Å². The maximum absolute atomic E-state index is 9.53. The van der Waals surface area contributed by atoms with E-state index < -0.39 is 6.10 Å². The number of epoxide rings is 1. The molecule has 0 amide bonds. The second-order valence-corrected chi connectivity index (χ2v) is 3.85. The smallest absolute Gasteiger partial charge is 0.0835 e. The number of rotatable bonds is 6. The molecule has 1 aliphatic rings. The van der Waals surface area contributed by atoms with E-state index in [9.17, 15) is 5.11 Å². The third kappa shape index (κ3) is 4.00. The van der Waals surface area contributed by atoms with E-state index in [-0.39, 0.29) is 6.10 Å². The normalized spacial score (nSPS) is 21.3. The standard InChI is InChI=1S/C12H16O3/c13-11(6-12-9-15-12)8-14-7-10-4-2-1-3-5-10/h1-5,11-13H,6-9H2/t11-,12+/m0/s1. The summed E-state index contributed by atoms with van der Waals surface area (Å²) in [4.78, 5) is 0. The molecule has 3 nitrogen and oxygen atoms in total. The Hall–Kier alpha value is -0.900. The number of ether oxygens (including phenoxy) is 2. The molecule has 1 saturated heterocycles. The van der Waals surface area contributed by atoms with E-state index in [1.165, 1.54) is 0 Å². The minimum Gasteiger partial charge on any atom is -0.391 e. The fourth-order valence-corrected chi connectivity index (χ4v) is 1.46. The summed E-state index contributed by atoms with van der Waals surface area (Å²) in [6.07, 6.45) is 0.552. The van der Waals surface area contributed by atoms with Crippen molar-refractivity contribution in [3.05, 3.63) is 35.9 Å². The van der Waals surface area contributed by atoms with E-state index in [4.69, 9.17) is 9.47 Å². The minimum absolute atomic E-state index is 0.264. The van der Waals surface area contributed by atoms with E-state index in [1.807, 2.05) is 30.3 Å². The predicted molar refractivity (Wildman–Crippen MR) is 56.5 cm³/mol. The zero-order chi connectivity index (χ0) is 10.5. The van der Waals surface area contributed by atoms with Crippen LogP contribution in [0.3, 0.4) is 0 Å². The monoisotopic (exact) mass is 208 g/mol. The maximum atomic E-state index is 9.53. The highest BCUT2D eigenvalue weighted by Crippen LogP contribution is 2.15. The van der Waals surface area contributed by atoms with Gasteiger partial charge in [0.2, 0.25) is 0 Å². The van der Waals surface area contributed by atoms with Gasteiger partial charge in [-0.1, -0.05) is 30.3 Å². The Morgan fingerprint density at radius 2 is 2.13 bits per heavy atom. The molecule has 0 radical (unpaired) electrons. The zero-order valence-corrected chi connectivity index (χ0v) is 8.63. The molecule has 0 aliphatic carbocycles. The van der Waals surface area contributed by atoms with Crippen LogP contribution < -0.4 is 0 Å². The number of aliphatic hydroxyl groups excluding tert-OH is 1. The highest BCUT2D eigenvalue weighted by atomic mass is 16.6. The minimum atomic E-state index is -0.402. The van der Waals surface area contributed by atoms with Crippen LogP contribution in [-0.4, -0.2) is 30.5 Å². The van der Waals surface area contributed by atoms with Crippen molar-refractivity contribution >= 4 is 0 Å².